The maximum Gasteiger partial charge on any atom is 0.334 e. The molecule has 6 heteroatoms. The molecule has 0 aliphatic rings. The number of carboxylic acids is 1. The normalized spacial score (nSPS) is 11.8. The fraction of sp³-hybridized carbons (Fsp3) is 0.467. The Morgan fingerprint density at radius 1 is 1.33 bits per heavy atom. The van der Waals surface area contributed by atoms with Crippen LogP contribution in [0.2, 0.25) is 0 Å². The Morgan fingerprint density at radius 3 is 2.67 bits per heavy atom. The van der Waals surface area contributed by atoms with Crippen LogP contribution in [0.15, 0.2) is 18.2 Å². The molecule has 2 N–H and O–H groups in total. The number of benzene rings is 1. The zero-order chi connectivity index (χ0) is 15.8. The molecule has 0 aliphatic heterocycles. The zero-order valence-electron chi connectivity index (χ0n) is 12.5. The number of carbonyl (C=O) groups excluding carboxylic acids is 1. The number of carboxylic acid groups (broad SMARTS) is 1. The summed E-state index contributed by atoms with van der Waals surface area (Å²) in [6.45, 7) is 4.13. The molecule has 1 rings (SSSR count). The molecule has 6 nitrogen and oxygen atoms in total. The van der Waals surface area contributed by atoms with Crippen LogP contribution in [0, 0.1) is 13.8 Å². The van der Waals surface area contributed by atoms with E-state index < -0.39 is 12.1 Å². The van der Waals surface area contributed by atoms with Crippen molar-refractivity contribution in [3.05, 3.63) is 29.3 Å². The van der Waals surface area contributed by atoms with Gasteiger partial charge in [-0.3, -0.25) is 4.79 Å². The molecular weight excluding hydrogens is 274 g/mol. The fourth-order valence-corrected chi connectivity index (χ4v) is 1.70. The summed E-state index contributed by atoms with van der Waals surface area (Å²) in [4.78, 5) is 22.3. The third-order valence-corrected chi connectivity index (χ3v) is 3.19. The average molecular weight is 295 g/mol. The molecule has 1 unspecified atom stereocenters. The van der Waals surface area contributed by atoms with Crippen LogP contribution in [0.25, 0.3) is 0 Å². The van der Waals surface area contributed by atoms with Crippen molar-refractivity contribution in [2.75, 3.05) is 20.3 Å². The van der Waals surface area contributed by atoms with E-state index in [9.17, 15) is 9.59 Å². The lowest BCUT2D eigenvalue weighted by Crippen LogP contribution is -2.38. The van der Waals surface area contributed by atoms with E-state index in [1.807, 2.05) is 32.0 Å². The van der Waals surface area contributed by atoms with Crippen molar-refractivity contribution in [1.82, 2.24) is 5.32 Å². The topological polar surface area (TPSA) is 84.9 Å². The Balaban J connectivity index is 2.34. The van der Waals surface area contributed by atoms with Gasteiger partial charge in [0.15, 0.2) is 6.10 Å². The lowest BCUT2D eigenvalue weighted by atomic mass is 10.1. The predicted octanol–water partition coefficient (Wildman–Crippen LogP) is 1.29. The van der Waals surface area contributed by atoms with Gasteiger partial charge in [0.05, 0.1) is 19.6 Å². The molecule has 1 aromatic rings. The molecule has 1 atom stereocenters. The average Bonchev–Trinajstić information content (AvgIpc) is 2.44. The zero-order valence-corrected chi connectivity index (χ0v) is 12.5. The van der Waals surface area contributed by atoms with Gasteiger partial charge in [-0.1, -0.05) is 12.1 Å². The first kappa shape index (κ1) is 17.0. The number of amides is 1. The van der Waals surface area contributed by atoms with Crippen LogP contribution in [-0.4, -0.2) is 43.3 Å². The lowest BCUT2D eigenvalue weighted by molar-refractivity contribution is -0.148. The number of ether oxygens (including phenoxy) is 2. The van der Waals surface area contributed by atoms with E-state index in [1.54, 1.807) is 0 Å². The Hall–Kier alpha value is -2.08. The second-order valence-electron chi connectivity index (χ2n) is 4.66. The number of carbonyl (C=O) groups is 2. The van der Waals surface area contributed by atoms with Gasteiger partial charge < -0.3 is 19.9 Å². The first-order valence-corrected chi connectivity index (χ1v) is 6.67. The smallest absolute Gasteiger partial charge is 0.334 e. The van der Waals surface area contributed by atoms with Crippen molar-refractivity contribution in [1.29, 1.82) is 0 Å². The van der Waals surface area contributed by atoms with Gasteiger partial charge in [-0.25, -0.2) is 4.79 Å². The van der Waals surface area contributed by atoms with E-state index in [0.29, 0.717) is 0 Å². The molecule has 0 saturated carbocycles. The largest absolute Gasteiger partial charge is 0.493 e. The summed E-state index contributed by atoms with van der Waals surface area (Å²) in [5.41, 5.74) is 2.17. The molecule has 21 heavy (non-hydrogen) atoms. The van der Waals surface area contributed by atoms with Crippen LogP contribution in [0.5, 0.6) is 5.75 Å². The summed E-state index contributed by atoms with van der Waals surface area (Å²) < 4.78 is 10.3. The number of aryl methyl sites for hydroxylation is 1. The van der Waals surface area contributed by atoms with Crippen molar-refractivity contribution in [3.63, 3.8) is 0 Å². The number of hydrogen-bond donors (Lipinski definition) is 2. The quantitative estimate of drug-likeness (QED) is 0.755. The first-order valence-electron chi connectivity index (χ1n) is 6.67. The maximum atomic E-state index is 11.6. The minimum atomic E-state index is -1.11. The summed E-state index contributed by atoms with van der Waals surface area (Å²) in [6, 6.07) is 5.74. The van der Waals surface area contributed by atoms with Gasteiger partial charge in [0.25, 0.3) is 0 Å². The molecule has 0 spiro atoms. The van der Waals surface area contributed by atoms with Crippen LogP contribution < -0.4 is 10.1 Å². The number of aliphatic carboxylic acids is 1. The van der Waals surface area contributed by atoms with Gasteiger partial charge in [0.1, 0.15) is 5.75 Å². The Kier molecular flexibility index (Phi) is 6.68. The fourth-order valence-electron chi connectivity index (χ4n) is 1.70. The summed E-state index contributed by atoms with van der Waals surface area (Å²) in [5, 5.41) is 11.3. The third-order valence-electron chi connectivity index (χ3n) is 3.19. The highest BCUT2D eigenvalue weighted by atomic mass is 16.5. The van der Waals surface area contributed by atoms with Gasteiger partial charge in [0.2, 0.25) is 5.91 Å². The van der Waals surface area contributed by atoms with E-state index in [-0.39, 0.29) is 25.5 Å². The second kappa shape index (κ2) is 8.26. The van der Waals surface area contributed by atoms with E-state index in [2.05, 4.69) is 5.32 Å². The summed E-state index contributed by atoms with van der Waals surface area (Å²) in [6.07, 6.45) is -0.877. The molecule has 1 aromatic carbocycles. The van der Waals surface area contributed by atoms with Crippen LogP contribution in [0.3, 0.4) is 0 Å². The molecule has 0 aliphatic carbocycles. The third kappa shape index (κ3) is 5.43. The molecule has 1 amide bonds. The highest BCUT2D eigenvalue weighted by molar-refractivity contribution is 5.78. The van der Waals surface area contributed by atoms with Crippen LogP contribution in [-0.2, 0) is 14.3 Å². The highest BCUT2D eigenvalue weighted by Gasteiger charge is 2.17. The molecule has 0 aromatic heterocycles. The van der Waals surface area contributed by atoms with Crippen molar-refractivity contribution in [2.24, 2.45) is 0 Å². The van der Waals surface area contributed by atoms with Gasteiger partial charge >= 0.3 is 5.97 Å². The minimum Gasteiger partial charge on any atom is -0.493 e. The molecular formula is C15H21NO5. The molecule has 0 radical (unpaired) electrons. The van der Waals surface area contributed by atoms with E-state index >= 15 is 0 Å². The predicted molar refractivity (Wildman–Crippen MR) is 77.5 cm³/mol. The standard InChI is InChI=1S/C15H21NO5/c1-10-5-4-6-12(11(10)2)21-8-7-14(17)16-9-13(20-3)15(18)19/h4-6,13H,7-9H2,1-3H3,(H,16,17)(H,18,19). The Bertz CT molecular complexity index is 501. The highest BCUT2D eigenvalue weighted by Crippen LogP contribution is 2.20. The lowest BCUT2D eigenvalue weighted by Gasteiger charge is -2.13. The van der Waals surface area contributed by atoms with Gasteiger partial charge in [-0.05, 0) is 31.0 Å². The molecule has 0 saturated heterocycles. The monoisotopic (exact) mass is 295 g/mol. The van der Waals surface area contributed by atoms with Gasteiger partial charge in [-0.15, -0.1) is 0 Å². The molecule has 0 fully saturated rings. The number of hydrogen-bond acceptors (Lipinski definition) is 4. The van der Waals surface area contributed by atoms with Crippen LogP contribution >= 0.6 is 0 Å². The van der Waals surface area contributed by atoms with Crippen molar-refractivity contribution < 1.29 is 24.2 Å². The first-order chi connectivity index (χ1) is 9.95. The maximum absolute atomic E-state index is 11.6. The summed E-state index contributed by atoms with van der Waals surface area (Å²) in [7, 11) is 1.29. The van der Waals surface area contributed by atoms with Crippen LogP contribution in [0.1, 0.15) is 17.5 Å². The molecule has 0 heterocycles. The molecule has 116 valence electrons. The summed E-state index contributed by atoms with van der Waals surface area (Å²) in [5.74, 6) is -0.629. The van der Waals surface area contributed by atoms with Crippen molar-refractivity contribution >= 4 is 11.9 Å². The van der Waals surface area contributed by atoms with E-state index in [1.165, 1.54) is 7.11 Å². The number of nitrogens with one attached hydrogen (secondary N) is 1. The summed E-state index contributed by atoms with van der Waals surface area (Å²) >= 11 is 0. The van der Waals surface area contributed by atoms with Gasteiger partial charge in [-0.2, -0.15) is 0 Å². The van der Waals surface area contributed by atoms with Gasteiger partial charge in [0, 0.05) is 7.11 Å². The number of rotatable bonds is 8. The Labute approximate surface area is 124 Å². The minimum absolute atomic E-state index is 0.0614. The number of methoxy groups -OCH3 is 1. The second-order valence-corrected chi connectivity index (χ2v) is 4.66. The van der Waals surface area contributed by atoms with E-state index in [0.717, 1.165) is 16.9 Å². The Morgan fingerprint density at radius 2 is 2.05 bits per heavy atom. The van der Waals surface area contributed by atoms with Crippen molar-refractivity contribution in [2.45, 2.75) is 26.4 Å². The molecule has 0 bridgehead atoms. The SMILES string of the molecule is COC(CNC(=O)CCOc1cccc(C)c1C)C(=O)O. The van der Waals surface area contributed by atoms with Crippen molar-refractivity contribution in [3.8, 4) is 5.75 Å². The van der Waals surface area contributed by atoms with Crippen LogP contribution in [0.4, 0.5) is 0 Å². The van der Waals surface area contributed by atoms with E-state index in [4.69, 9.17) is 14.6 Å².